The maximum Gasteiger partial charge on any atom is 0.446 e. The molecule has 0 aromatic heterocycles. The zero-order valence-electron chi connectivity index (χ0n) is 92.6. The summed E-state index contributed by atoms with van der Waals surface area (Å²) in [6.07, 6.45) is 75.9. The highest BCUT2D eigenvalue weighted by Crippen LogP contribution is 2.60. The van der Waals surface area contributed by atoms with Gasteiger partial charge in [-0.3, -0.25) is 42.9 Å². The minimum Gasteiger partial charge on any atom is -0.504 e. The van der Waals surface area contributed by atoms with Crippen LogP contribution in [-0.2, 0) is 84.6 Å². The molecule has 22 nitrogen and oxygen atoms in total. The summed E-state index contributed by atoms with van der Waals surface area (Å²) in [5, 5.41) is 19.4. The Morgan fingerprint density at radius 1 is 0.482 bits per heavy atom. The van der Waals surface area contributed by atoms with Gasteiger partial charge in [0.25, 0.3) is 0 Å². The van der Waals surface area contributed by atoms with E-state index in [2.05, 4.69) is 188 Å². The average Bonchev–Trinajstić information content (AvgIpc) is 0.718. The fourth-order valence-electron chi connectivity index (χ4n) is 21.8. The Balaban J connectivity index is 0.000000400. The molecule has 4 spiro atoms. The molecule has 2 N–H and O–H groups in total. The number of hydrogen-bond donors (Lipinski definition) is 2. The first kappa shape index (κ1) is 128. The molecule has 13 aliphatic rings. The van der Waals surface area contributed by atoms with Crippen LogP contribution in [0.2, 0.25) is 0 Å². The number of aliphatic hydroxyl groups excluding tert-OH is 2. The minimum atomic E-state index is -3.70. The number of ketones is 8. The van der Waals surface area contributed by atoms with Crippen molar-refractivity contribution in [2.24, 2.45) is 76.3 Å². The van der Waals surface area contributed by atoms with Gasteiger partial charge in [-0.1, -0.05) is 209 Å². The molecule has 0 aliphatic heterocycles. The number of aldehydes is 1. The molecule has 0 bridgehead atoms. The molecule has 0 amide bonds. The lowest BCUT2D eigenvalue weighted by atomic mass is 9.53. The van der Waals surface area contributed by atoms with Crippen molar-refractivity contribution in [1.29, 1.82) is 0 Å². The number of rotatable bonds is 20. The second kappa shape index (κ2) is 58.1. The van der Waals surface area contributed by atoms with Crippen LogP contribution in [0.5, 0.6) is 0 Å². The third-order valence-electron chi connectivity index (χ3n) is 33.1. The van der Waals surface area contributed by atoms with Crippen LogP contribution >= 0.6 is 15.2 Å². The Hall–Kier alpha value is -6.83. The summed E-state index contributed by atoms with van der Waals surface area (Å²) in [4.78, 5) is 102. The summed E-state index contributed by atoms with van der Waals surface area (Å²) >= 11 is 0. The standard InChI is InChI=1S/C15H24O.C14H22O.C13H22O.C13H20O.C13H22O.C13H20O.2C9H14O2.C8H12O2.C5H9N2O4P.C5H11O4P/c1-14(2)8-4-5-9-15(14)10-6-7-13(11-15)12-16-3;1-13(2)7-3-4-8-14(13)9-5-6-12(10-14)11-15;2*1-12(2)7-3-4-8-13(12)9-5-6-11(14)10-13;2*1-4-5-6-7-11-10-12(14)8-9-13(11,2)3;1-9(2)5-4-7(11-3)6-8(9)10;1-9(2)5-4-7(10)6-8(9)11-3;1-8(2)4-3-6(9)5-7(8)10;1-4(8)5(7-6)12(9,10-2)11-3;1-5(6)4-10(7,8-2)9-3/h5,9,12H,4,6-8,10-11H2,1-3H3;4,8,11-12H,3,5-7,9-10H2,1-2H3;4,8,11,14H,3,5-7,9-10H2,1-2H3;4,8H,3,5-7,9-10H2,1-2H3;4,10,12,14H,1,5-9H2,2-3H3;4,10H,1,5-9H2,2-3H3;2*6H,4-5H2,1-3H3;3-5H2,1-2H3;1-3H3;4H2,1-3H3/b13-12+;;;;;;;;;;. The maximum atomic E-state index is 11.6. The Morgan fingerprint density at radius 2 is 0.936 bits per heavy atom. The van der Waals surface area contributed by atoms with Gasteiger partial charge in [-0.05, 0) is 279 Å². The number of methoxy groups -OCH3 is 3. The Bertz CT molecular complexity index is 4580. The summed E-state index contributed by atoms with van der Waals surface area (Å²) in [5.41, 5.74) is 14.8. The SMILES string of the molecule is C=CCCCC1=CC(=O)CCC1(C)C.C=CCCCC1=CC(O)CCC1(C)C.CC1(C)CCC(=O)CC1=O.CC1(C)CCC=CC12CCCC(=O)C2.CC1(C)CCC=CC12CCCC(C=O)C2.CC1(C)CCC=CC12CCCC(O)C2.CO/C=C1\CCCC2(C=CCCC2(C)C)C1.COC1=CC(=O)C(C)(C)CC1.COC1=CC(=O)CCC1(C)C.COP(=O)(CC(C)=O)OC.COP(=O)(OC)C(=[N+]=[N-])C(C)=O. The molecular formula is C117H190N2O20P2. The van der Waals surface area contributed by atoms with Crippen molar-refractivity contribution in [1.82, 2.24) is 0 Å². The van der Waals surface area contributed by atoms with E-state index in [0.717, 1.165) is 167 Å². The number of carbonyl (C=O) groups excluding carboxylic acids is 9. The molecule has 0 radical (unpaired) electrons. The number of nitrogens with zero attached hydrogens (tertiary/aromatic N) is 2. The van der Waals surface area contributed by atoms with E-state index in [1.165, 1.54) is 153 Å². The molecule has 0 aromatic rings. The summed E-state index contributed by atoms with van der Waals surface area (Å²) in [6, 6.07) is 0. The van der Waals surface area contributed by atoms with Crippen molar-refractivity contribution in [2.45, 2.75) is 414 Å². The van der Waals surface area contributed by atoms with Crippen LogP contribution in [-0.4, -0.2) is 141 Å². The van der Waals surface area contributed by atoms with Gasteiger partial charge < -0.3 is 52.8 Å². The van der Waals surface area contributed by atoms with Crippen molar-refractivity contribution < 1.29 is 99.6 Å². The van der Waals surface area contributed by atoms with Gasteiger partial charge in [-0.2, -0.15) is 4.79 Å². The lowest BCUT2D eigenvalue weighted by molar-refractivity contribution is -0.136. The van der Waals surface area contributed by atoms with Crippen LogP contribution in [0, 0.1) is 76.3 Å². The van der Waals surface area contributed by atoms with Crippen molar-refractivity contribution in [2.75, 3.05) is 55.9 Å². The molecule has 13 aliphatic carbocycles. The smallest absolute Gasteiger partial charge is 0.446 e. The lowest BCUT2D eigenvalue weighted by Gasteiger charge is -2.51. The Kier molecular flexibility index (Phi) is 52.8. The second-order valence-corrected chi connectivity index (χ2v) is 51.6. The molecule has 5 saturated carbocycles. The van der Waals surface area contributed by atoms with Crippen molar-refractivity contribution >= 4 is 73.2 Å². The van der Waals surface area contributed by atoms with Crippen LogP contribution in [0.1, 0.15) is 402 Å². The molecule has 0 heterocycles. The molecular weight excluding hydrogens is 1820 g/mol. The molecule has 24 heteroatoms. The van der Waals surface area contributed by atoms with E-state index in [0.29, 0.717) is 73.6 Å². The van der Waals surface area contributed by atoms with E-state index in [4.69, 9.17) is 19.7 Å². The third kappa shape index (κ3) is 39.4. The third-order valence-corrected chi connectivity index (χ3v) is 36.9. The topological polar surface area (TPSA) is 329 Å². The number of Topliss-reactive ketones (excluding diaryl/α,β-unsaturated/α-hetero) is 5. The maximum absolute atomic E-state index is 11.6. The van der Waals surface area contributed by atoms with Crippen molar-refractivity contribution in [3.05, 3.63) is 138 Å². The first-order valence-electron chi connectivity index (χ1n) is 52.3. The van der Waals surface area contributed by atoms with Crippen molar-refractivity contribution in [3.8, 4) is 0 Å². The van der Waals surface area contributed by atoms with Gasteiger partial charge in [0.2, 0.25) is 5.78 Å². The molecule has 141 heavy (non-hydrogen) atoms. The molecule has 5 fully saturated rings. The predicted octanol–water partition coefficient (Wildman–Crippen LogP) is 29.0. The average molecular weight is 2010 g/mol. The number of allylic oxidation sites excluding steroid dienone is 18. The van der Waals surface area contributed by atoms with Gasteiger partial charge in [-0.25, -0.2) is 4.57 Å². The van der Waals surface area contributed by atoms with E-state index in [1.807, 2.05) is 52.2 Å². The molecule has 0 saturated heterocycles. The van der Waals surface area contributed by atoms with Gasteiger partial charge >= 0.3 is 20.6 Å². The van der Waals surface area contributed by atoms with Gasteiger partial charge in [0.15, 0.2) is 17.3 Å². The second-order valence-electron chi connectivity index (χ2n) is 47.2. The van der Waals surface area contributed by atoms with Crippen molar-refractivity contribution in [3.63, 3.8) is 0 Å². The number of hydrogen-bond acceptors (Lipinski definition) is 20. The highest BCUT2D eigenvalue weighted by Gasteiger charge is 2.51. The summed E-state index contributed by atoms with van der Waals surface area (Å²) in [5.74, 6) is 2.41. The Morgan fingerprint density at radius 3 is 1.34 bits per heavy atom. The van der Waals surface area contributed by atoms with Crippen LogP contribution in [0.15, 0.2) is 133 Å². The van der Waals surface area contributed by atoms with Crippen LogP contribution in [0.4, 0.5) is 0 Å². The summed E-state index contributed by atoms with van der Waals surface area (Å²) < 4.78 is 55.6. The van der Waals surface area contributed by atoms with Gasteiger partial charge in [0, 0.05) is 114 Å². The van der Waals surface area contributed by atoms with E-state index in [1.54, 1.807) is 33.5 Å². The van der Waals surface area contributed by atoms with Crippen LogP contribution in [0.25, 0.3) is 5.53 Å². The highest BCUT2D eigenvalue weighted by molar-refractivity contribution is 7.74. The summed E-state index contributed by atoms with van der Waals surface area (Å²) in [6.45, 7) is 49.9. The molecule has 13 rings (SSSR count). The molecule has 7 atom stereocenters. The molecule has 0 aromatic carbocycles. The monoisotopic (exact) mass is 2010 g/mol. The van der Waals surface area contributed by atoms with E-state index in [9.17, 15) is 62.5 Å². The first-order chi connectivity index (χ1) is 65.6. The number of ether oxygens (including phenoxy) is 3. The van der Waals surface area contributed by atoms with Gasteiger partial charge in [0.05, 0.1) is 52.0 Å². The number of aliphatic hydroxyl groups is 2. The fourth-order valence-corrected chi connectivity index (χ4v) is 23.7. The highest BCUT2D eigenvalue weighted by atomic mass is 31.2. The minimum absolute atomic E-state index is 0.0443. The largest absolute Gasteiger partial charge is 0.504 e. The fraction of sp³-hybridized carbons (Fsp3) is 0.726. The van der Waals surface area contributed by atoms with E-state index < -0.39 is 26.4 Å². The zero-order valence-corrected chi connectivity index (χ0v) is 94.4. The van der Waals surface area contributed by atoms with Crippen LogP contribution in [0.3, 0.4) is 0 Å². The Labute approximate surface area is 852 Å². The van der Waals surface area contributed by atoms with E-state index >= 15 is 0 Å². The number of carbonyl (C=O) groups is 9. The lowest BCUT2D eigenvalue weighted by Crippen LogP contribution is -2.43. The van der Waals surface area contributed by atoms with E-state index in [-0.39, 0.29) is 80.8 Å². The normalized spacial score (nSPS) is 27.6. The van der Waals surface area contributed by atoms with Gasteiger partial charge in [0.1, 0.15) is 41.3 Å². The first-order valence-corrected chi connectivity index (χ1v) is 55.6. The quantitative estimate of drug-likeness (QED) is 0.0132. The zero-order chi connectivity index (χ0) is 107. The summed E-state index contributed by atoms with van der Waals surface area (Å²) in [7, 11) is 2.91. The van der Waals surface area contributed by atoms with Gasteiger partial charge in [-0.15, -0.1) is 13.2 Å². The predicted molar refractivity (Wildman–Crippen MR) is 571 cm³/mol. The molecule has 798 valence electrons. The van der Waals surface area contributed by atoms with Crippen LogP contribution < -0.4 is 0 Å². The molecule has 7 unspecified atom stereocenters. The number of unbranched alkanes of at least 4 members (excludes halogenated alkanes) is 2.